The van der Waals surface area contributed by atoms with Crippen molar-refractivity contribution >= 4 is 39.9 Å². The number of thiazole rings is 1. The van der Waals surface area contributed by atoms with Gasteiger partial charge in [-0.25, -0.2) is 9.37 Å². The van der Waals surface area contributed by atoms with Gasteiger partial charge in [-0.1, -0.05) is 26.0 Å². The van der Waals surface area contributed by atoms with Gasteiger partial charge in [0.1, 0.15) is 18.1 Å². The summed E-state index contributed by atoms with van der Waals surface area (Å²) in [6.45, 7) is 6.69. The zero-order chi connectivity index (χ0) is 28.6. The van der Waals surface area contributed by atoms with Gasteiger partial charge in [-0.05, 0) is 42.3 Å². The molecule has 1 aromatic heterocycles. The number of rotatable bonds is 10. The van der Waals surface area contributed by atoms with Crippen LogP contribution in [0.25, 0.3) is 0 Å². The first-order chi connectivity index (χ1) is 19.2. The number of piperazine rings is 1. The number of methoxy groups -OCH3 is 1. The molecular weight excluding hydrogens is 533 g/mol. The lowest BCUT2D eigenvalue weighted by Crippen LogP contribution is -2.49. The van der Waals surface area contributed by atoms with Gasteiger partial charge in [-0.2, -0.15) is 0 Å². The lowest BCUT2D eigenvalue weighted by atomic mass is 10.1. The topological polar surface area (TPSA) is 95.1 Å². The number of ether oxygens (including phenoxy) is 1. The van der Waals surface area contributed by atoms with Crippen molar-refractivity contribution in [3.8, 4) is 5.75 Å². The summed E-state index contributed by atoms with van der Waals surface area (Å²) in [5, 5.41) is 4.87. The van der Waals surface area contributed by atoms with E-state index in [9.17, 15) is 18.8 Å². The summed E-state index contributed by atoms with van der Waals surface area (Å²) < 4.78 is 18.7. The highest BCUT2D eigenvalue weighted by molar-refractivity contribution is 7.13. The van der Waals surface area contributed by atoms with E-state index in [1.165, 1.54) is 40.5 Å². The number of hydrogen-bond acceptors (Lipinski definition) is 7. The van der Waals surface area contributed by atoms with E-state index in [-0.39, 0.29) is 30.7 Å². The Balaban J connectivity index is 1.29. The number of para-hydroxylation sites is 2. The van der Waals surface area contributed by atoms with Crippen LogP contribution in [0.1, 0.15) is 29.9 Å². The van der Waals surface area contributed by atoms with Crippen LogP contribution in [0, 0.1) is 11.7 Å². The number of benzene rings is 2. The fourth-order valence-corrected chi connectivity index (χ4v) is 5.29. The van der Waals surface area contributed by atoms with E-state index >= 15 is 0 Å². The molecule has 212 valence electrons. The molecule has 2 aromatic carbocycles. The van der Waals surface area contributed by atoms with Crippen LogP contribution in [0.2, 0.25) is 0 Å². The van der Waals surface area contributed by atoms with Crippen molar-refractivity contribution in [1.29, 1.82) is 0 Å². The smallest absolute Gasteiger partial charge is 0.254 e. The Bertz CT molecular complexity index is 1320. The summed E-state index contributed by atoms with van der Waals surface area (Å²) >= 11 is 1.23. The van der Waals surface area contributed by atoms with Crippen molar-refractivity contribution in [2.75, 3.05) is 56.6 Å². The summed E-state index contributed by atoms with van der Waals surface area (Å²) in [7, 11) is 1.65. The van der Waals surface area contributed by atoms with Crippen molar-refractivity contribution in [2.45, 2.75) is 20.3 Å². The number of carbonyl (C=O) groups excluding carboxylic acids is 3. The number of amides is 3. The zero-order valence-corrected chi connectivity index (χ0v) is 23.7. The number of nitrogens with one attached hydrogen (secondary N) is 1. The lowest BCUT2D eigenvalue weighted by Gasteiger charge is -2.36. The largest absolute Gasteiger partial charge is 0.495 e. The maximum Gasteiger partial charge on any atom is 0.254 e. The molecule has 11 heteroatoms. The molecule has 0 atom stereocenters. The molecule has 1 aliphatic heterocycles. The van der Waals surface area contributed by atoms with Crippen LogP contribution in [0.4, 0.5) is 15.2 Å². The first-order valence-electron chi connectivity index (χ1n) is 13.2. The van der Waals surface area contributed by atoms with Crippen LogP contribution >= 0.6 is 11.3 Å². The minimum Gasteiger partial charge on any atom is -0.495 e. The molecule has 3 amide bonds. The Morgan fingerprint density at radius 1 is 1.07 bits per heavy atom. The second-order valence-corrected chi connectivity index (χ2v) is 10.9. The normalized spacial score (nSPS) is 13.3. The Labute approximate surface area is 237 Å². The SMILES string of the molecule is COc1ccccc1N1CCN(C(=O)Cc2csc(NC(=O)CN(CC(C)C)C(=O)c3ccc(F)cc3)n2)CC1. The highest BCUT2D eigenvalue weighted by Gasteiger charge is 2.24. The predicted molar refractivity (Wildman–Crippen MR) is 153 cm³/mol. The van der Waals surface area contributed by atoms with Gasteiger partial charge in [0, 0.05) is 43.7 Å². The summed E-state index contributed by atoms with van der Waals surface area (Å²) in [4.78, 5) is 48.6. The molecule has 0 radical (unpaired) electrons. The number of carbonyl (C=O) groups is 3. The molecule has 40 heavy (non-hydrogen) atoms. The van der Waals surface area contributed by atoms with Gasteiger partial charge in [0.2, 0.25) is 11.8 Å². The number of anilines is 2. The van der Waals surface area contributed by atoms with Gasteiger partial charge in [0.05, 0.1) is 24.9 Å². The summed E-state index contributed by atoms with van der Waals surface area (Å²) in [5.74, 6) is -0.248. The van der Waals surface area contributed by atoms with Gasteiger partial charge in [0.25, 0.3) is 5.91 Å². The second-order valence-electron chi connectivity index (χ2n) is 10.00. The molecule has 4 rings (SSSR count). The van der Waals surface area contributed by atoms with E-state index in [0.717, 1.165) is 11.4 Å². The van der Waals surface area contributed by atoms with Gasteiger partial charge < -0.3 is 24.8 Å². The molecule has 1 N–H and O–H groups in total. The molecule has 1 saturated heterocycles. The van der Waals surface area contributed by atoms with Gasteiger partial charge in [-0.15, -0.1) is 11.3 Å². The van der Waals surface area contributed by atoms with Gasteiger partial charge in [-0.3, -0.25) is 14.4 Å². The Kier molecular flexibility index (Phi) is 9.70. The minimum atomic E-state index is -0.433. The molecule has 1 fully saturated rings. The van der Waals surface area contributed by atoms with Crippen LogP contribution in [-0.4, -0.2) is 78.9 Å². The van der Waals surface area contributed by atoms with Crippen LogP contribution in [-0.2, 0) is 16.0 Å². The standard InChI is InChI=1S/C29H34FN5O4S/c1-20(2)17-35(28(38)21-8-10-22(30)11-9-21)18-26(36)32-29-31-23(19-40-29)16-27(37)34-14-12-33(13-15-34)24-6-4-5-7-25(24)39-3/h4-11,19-20H,12-18H2,1-3H3,(H,31,32,36). The second kappa shape index (κ2) is 13.4. The molecule has 1 aliphatic rings. The van der Waals surface area contributed by atoms with E-state index in [4.69, 9.17) is 4.74 Å². The summed E-state index contributed by atoms with van der Waals surface area (Å²) in [5.41, 5.74) is 1.91. The van der Waals surface area contributed by atoms with Crippen molar-refractivity contribution in [3.05, 3.63) is 71.0 Å². The van der Waals surface area contributed by atoms with Crippen molar-refractivity contribution in [3.63, 3.8) is 0 Å². The van der Waals surface area contributed by atoms with E-state index in [2.05, 4.69) is 15.2 Å². The molecular formula is C29H34FN5O4S. The van der Waals surface area contributed by atoms with Crippen LogP contribution in [0.3, 0.4) is 0 Å². The molecule has 0 unspecified atom stereocenters. The van der Waals surface area contributed by atoms with Crippen molar-refractivity contribution < 1.29 is 23.5 Å². The fourth-order valence-electron chi connectivity index (χ4n) is 4.57. The van der Waals surface area contributed by atoms with Crippen molar-refractivity contribution in [1.82, 2.24) is 14.8 Å². The Morgan fingerprint density at radius 2 is 1.77 bits per heavy atom. The van der Waals surface area contributed by atoms with E-state index in [0.29, 0.717) is 49.1 Å². The monoisotopic (exact) mass is 567 g/mol. The fraction of sp³-hybridized carbons (Fsp3) is 0.379. The number of hydrogen-bond donors (Lipinski definition) is 1. The highest BCUT2D eigenvalue weighted by Crippen LogP contribution is 2.28. The van der Waals surface area contributed by atoms with Gasteiger partial charge >= 0.3 is 0 Å². The van der Waals surface area contributed by atoms with Crippen LogP contribution in [0.15, 0.2) is 53.9 Å². The molecule has 3 aromatic rings. The maximum absolute atomic E-state index is 13.3. The van der Waals surface area contributed by atoms with E-state index < -0.39 is 11.7 Å². The molecule has 0 bridgehead atoms. The van der Waals surface area contributed by atoms with E-state index in [1.807, 2.05) is 43.0 Å². The Hall–Kier alpha value is -3.99. The van der Waals surface area contributed by atoms with E-state index in [1.54, 1.807) is 12.5 Å². The molecule has 9 nitrogen and oxygen atoms in total. The zero-order valence-electron chi connectivity index (χ0n) is 22.9. The Morgan fingerprint density at radius 3 is 2.45 bits per heavy atom. The van der Waals surface area contributed by atoms with Crippen LogP contribution < -0.4 is 15.0 Å². The highest BCUT2D eigenvalue weighted by atomic mass is 32.1. The first kappa shape index (κ1) is 29.0. The summed E-state index contributed by atoms with van der Waals surface area (Å²) in [6.07, 6.45) is 0.142. The average molecular weight is 568 g/mol. The summed E-state index contributed by atoms with van der Waals surface area (Å²) in [6, 6.07) is 13.1. The van der Waals surface area contributed by atoms with Gasteiger partial charge in [0.15, 0.2) is 5.13 Å². The predicted octanol–water partition coefficient (Wildman–Crippen LogP) is 3.92. The third-order valence-corrected chi connectivity index (χ3v) is 7.29. The molecule has 0 aliphatic carbocycles. The molecule has 0 spiro atoms. The number of halogens is 1. The number of aromatic nitrogens is 1. The lowest BCUT2D eigenvalue weighted by molar-refractivity contribution is -0.130. The molecule has 2 heterocycles. The quantitative estimate of drug-likeness (QED) is 0.399. The third-order valence-electron chi connectivity index (χ3n) is 6.49. The van der Waals surface area contributed by atoms with Crippen molar-refractivity contribution in [2.24, 2.45) is 5.92 Å². The maximum atomic E-state index is 13.3. The minimum absolute atomic E-state index is 0.0177. The number of nitrogens with zero attached hydrogens (tertiary/aromatic N) is 4. The third kappa shape index (κ3) is 7.56. The first-order valence-corrected chi connectivity index (χ1v) is 14.1. The van der Waals surface area contributed by atoms with Crippen LogP contribution in [0.5, 0.6) is 5.75 Å². The average Bonchev–Trinajstić information content (AvgIpc) is 3.38. The molecule has 0 saturated carbocycles.